The molecule has 0 saturated carbocycles. The van der Waals surface area contributed by atoms with Gasteiger partial charge in [-0.15, -0.1) is 0 Å². The van der Waals surface area contributed by atoms with Crippen molar-refractivity contribution in [3.8, 4) is 0 Å². The fourth-order valence-corrected chi connectivity index (χ4v) is 6.25. The van der Waals surface area contributed by atoms with Gasteiger partial charge in [0.25, 0.3) is 0 Å². The lowest BCUT2D eigenvalue weighted by atomic mass is 9.86. The molecule has 3 amide bonds. The smallest absolute Gasteiger partial charge is 0.245 e. The average molecular weight is 535 g/mol. The van der Waals surface area contributed by atoms with Gasteiger partial charge in [0, 0.05) is 31.4 Å². The molecule has 0 aliphatic carbocycles. The standard InChI is InChI=1S/C31H39FN4O3/c1-31(2)25-19-23(32)11-13-27(25)36(30(31)39)24-14-17-35(18-15-24)29(38)26(12-10-21-7-4-3-5-8-21)34-28(37)22-9-6-16-33-20-22/h3-5,7-8,11,13,19,22,24,26,33H,6,9-10,12,14-18,20H2,1-2H3,(H,34,37)/t22-,26+/m1/s1. The van der Waals surface area contributed by atoms with Crippen molar-refractivity contribution >= 4 is 23.4 Å². The Hall–Kier alpha value is -3.26. The zero-order chi connectivity index (χ0) is 27.6. The lowest BCUT2D eigenvalue weighted by Gasteiger charge is -2.39. The Kier molecular flexibility index (Phi) is 8.03. The van der Waals surface area contributed by atoms with Crippen LogP contribution in [0.4, 0.5) is 10.1 Å². The Morgan fingerprint density at radius 1 is 1.10 bits per heavy atom. The van der Waals surface area contributed by atoms with E-state index in [2.05, 4.69) is 10.6 Å². The largest absolute Gasteiger partial charge is 0.344 e. The highest BCUT2D eigenvalue weighted by Crippen LogP contribution is 2.44. The molecular weight excluding hydrogens is 495 g/mol. The van der Waals surface area contributed by atoms with Crippen molar-refractivity contribution in [2.24, 2.45) is 5.92 Å². The lowest BCUT2D eigenvalue weighted by molar-refractivity contribution is -0.138. The maximum Gasteiger partial charge on any atom is 0.245 e. The molecule has 0 unspecified atom stereocenters. The van der Waals surface area contributed by atoms with Crippen LogP contribution in [0, 0.1) is 11.7 Å². The van der Waals surface area contributed by atoms with E-state index in [1.807, 2.05) is 54.0 Å². The molecular formula is C31H39FN4O3. The third kappa shape index (κ3) is 5.71. The molecule has 39 heavy (non-hydrogen) atoms. The highest BCUT2D eigenvalue weighted by atomic mass is 19.1. The SMILES string of the molecule is CC1(C)C(=O)N(C2CCN(C(=O)[C@H](CCc3ccccc3)NC(=O)[C@@H]3CCCNC3)CC2)c2ccc(F)cc21. The summed E-state index contributed by atoms with van der Waals surface area (Å²) in [5.41, 5.74) is 1.83. The summed E-state index contributed by atoms with van der Waals surface area (Å²) in [6.07, 6.45) is 4.28. The predicted molar refractivity (Wildman–Crippen MR) is 149 cm³/mol. The summed E-state index contributed by atoms with van der Waals surface area (Å²) < 4.78 is 14.0. The Morgan fingerprint density at radius 2 is 1.85 bits per heavy atom. The number of nitrogens with one attached hydrogen (secondary N) is 2. The number of anilines is 1. The van der Waals surface area contributed by atoms with Crippen molar-refractivity contribution < 1.29 is 18.8 Å². The van der Waals surface area contributed by atoms with Gasteiger partial charge >= 0.3 is 0 Å². The second-order valence-corrected chi connectivity index (χ2v) is 11.6. The Balaban J connectivity index is 1.26. The zero-order valence-electron chi connectivity index (χ0n) is 22.9. The average Bonchev–Trinajstić information content (AvgIpc) is 3.16. The Labute approximate surface area is 230 Å². The van der Waals surface area contributed by atoms with E-state index in [1.54, 1.807) is 6.07 Å². The number of nitrogens with zero attached hydrogens (tertiary/aromatic N) is 2. The number of carbonyl (C=O) groups is 3. The van der Waals surface area contributed by atoms with Crippen LogP contribution < -0.4 is 15.5 Å². The van der Waals surface area contributed by atoms with Crippen LogP contribution in [-0.2, 0) is 26.2 Å². The van der Waals surface area contributed by atoms with Gasteiger partial charge in [-0.3, -0.25) is 14.4 Å². The van der Waals surface area contributed by atoms with E-state index < -0.39 is 11.5 Å². The summed E-state index contributed by atoms with van der Waals surface area (Å²) in [4.78, 5) is 43.9. The molecule has 0 spiro atoms. The number of fused-ring (bicyclic) bond motifs is 1. The second-order valence-electron chi connectivity index (χ2n) is 11.6. The van der Waals surface area contributed by atoms with Gasteiger partial charge in [-0.2, -0.15) is 0 Å². The molecule has 7 nitrogen and oxygen atoms in total. The van der Waals surface area contributed by atoms with Crippen LogP contribution in [0.25, 0.3) is 0 Å². The van der Waals surface area contributed by atoms with Gasteiger partial charge in [-0.1, -0.05) is 30.3 Å². The van der Waals surface area contributed by atoms with Crippen LogP contribution in [0.5, 0.6) is 0 Å². The number of hydrogen-bond acceptors (Lipinski definition) is 4. The molecule has 2 atom stereocenters. The molecule has 208 valence electrons. The van der Waals surface area contributed by atoms with Crippen LogP contribution >= 0.6 is 0 Å². The number of halogens is 1. The van der Waals surface area contributed by atoms with E-state index in [1.165, 1.54) is 12.1 Å². The zero-order valence-corrected chi connectivity index (χ0v) is 22.9. The lowest BCUT2D eigenvalue weighted by Crippen LogP contribution is -2.55. The molecule has 3 aliphatic rings. The highest BCUT2D eigenvalue weighted by molar-refractivity contribution is 6.08. The van der Waals surface area contributed by atoms with Gasteiger partial charge in [0.05, 0.1) is 11.3 Å². The van der Waals surface area contributed by atoms with E-state index in [-0.39, 0.29) is 35.5 Å². The molecule has 3 aliphatic heterocycles. The molecule has 5 rings (SSSR count). The number of aryl methyl sites for hydroxylation is 1. The fraction of sp³-hybridized carbons (Fsp3) is 0.516. The number of benzene rings is 2. The van der Waals surface area contributed by atoms with Crippen LogP contribution in [0.2, 0.25) is 0 Å². The van der Waals surface area contributed by atoms with E-state index in [4.69, 9.17) is 0 Å². The van der Waals surface area contributed by atoms with Gasteiger partial charge in [0.1, 0.15) is 11.9 Å². The van der Waals surface area contributed by atoms with Crippen molar-refractivity contribution in [1.29, 1.82) is 0 Å². The van der Waals surface area contributed by atoms with Crippen molar-refractivity contribution in [2.45, 2.75) is 69.9 Å². The number of carbonyl (C=O) groups excluding carboxylic acids is 3. The summed E-state index contributed by atoms with van der Waals surface area (Å²) in [5.74, 6) is -0.605. The van der Waals surface area contributed by atoms with E-state index in [0.717, 1.165) is 30.6 Å². The predicted octanol–water partition coefficient (Wildman–Crippen LogP) is 3.56. The molecule has 0 bridgehead atoms. The summed E-state index contributed by atoms with van der Waals surface area (Å²) in [7, 11) is 0. The maximum absolute atomic E-state index is 14.0. The van der Waals surface area contributed by atoms with Crippen LogP contribution in [0.15, 0.2) is 48.5 Å². The normalized spacial score (nSPS) is 21.9. The van der Waals surface area contributed by atoms with Gasteiger partial charge in [0.2, 0.25) is 17.7 Å². The fourth-order valence-electron chi connectivity index (χ4n) is 6.25. The molecule has 2 saturated heterocycles. The van der Waals surface area contributed by atoms with Crippen molar-refractivity contribution in [3.63, 3.8) is 0 Å². The summed E-state index contributed by atoms with van der Waals surface area (Å²) in [6.45, 7) is 6.26. The monoisotopic (exact) mass is 534 g/mol. The van der Waals surface area contributed by atoms with Crippen LogP contribution in [0.1, 0.15) is 57.1 Å². The Bertz CT molecular complexity index is 1200. The quantitative estimate of drug-likeness (QED) is 0.569. The van der Waals surface area contributed by atoms with Crippen LogP contribution in [0.3, 0.4) is 0 Å². The number of hydrogen-bond donors (Lipinski definition) is 2. The second kappa shape index (κ2) is 11.5. The van der Waals surface area contributed by atoms with Crippen molar-refractivity contribution in [1.82, 2.24) is 15.5 Å². The molecule has 2 aromatic carbocycles. The topological polar surface area (TPSA) is 81.8 Å². The van der Waals surface area contributed by atoms with E-state index >= 15 is 0 Å². The summed E-state index contributed by atoms with van der Waals surface area (Å²) in [6, 6.07) is 13.9. The third-order valence-corrected chi connectivity index (χ3v) is 8.63. The van der Waals surface area contributed by atoms with Crippen LogP contribution in [-0.4, -0.2) is 60.9 Å². The Morgan fingerprint density at radius 3 is 2.54 bits per heavy atom. The number of amides is 3. The number of rotatable bonds is 7. The summed E-state index contributed by atoms with van der Waals surface area (Å²) >= 11 is 0. The summed E-state index contributed by atoms with van der Waals surface area (Å²) in [5, 5.41) is 6.37. The first-order chi connectivity index (χ1) is 18.8. The van der Waals surface area contributed by atoms with Gasteiger partial charge in [-0.25, -0.2) is 4.39 Å². The van der Waals surface area contributed by atoms with Gasteiger partial charge in [0.15, 0.2) is 0 Å². The number of piperidine rings is 2. The minimum atomic E-state index is -0.787. The minimum Gasteiger partial charge on any atom is -0.344 e. The first kappa shape index (κ1) is 27.3. The molecule has 0 radical (unpaired) electrons. The third-order valence-electron chi connectivity index (χ3n) is 8.63. The molecule has 0 aromatic heterocycles. The molecule has 2 N–H and O–H groups in total. The molecule has 3 heterocycles. The van der Waals surface area contributed by atoms with Gasteiger partial charge in [-0.05, 0) is 88.2 Å². The first-order valence-corrected chi connectivity index (χ1v) is 14.2. The van der Waals surface area contributed by atoms with E-state index in [0.29, 0.717) is 50.9 Å². The highest BCUT2D eigenvalue weighted by Gasteiger charge is 2.47. The van der Waals surface area contributed by atoms with Crippen molar-refractivity contribution in [3.05, 3.63) is 65.5 Å². The molecule has 8 heteroatoms. The minimum absolute atomic E-state index is 0.0260. The number of likely N-dealkylation sites (tertiary alicyclic amines) is 1. The molecule has 2 fully saturated rings. The van der Waals surface area contributed by atoms with Crippen molar-refractivity contribution in [2.75, 3.05) is 31.1 Å². The maximum atomic E-state index is 14.0. The van der Waals surface area contributed by atoms with Gasteiger partial charge < -0.3 is 20.4 Å². The van der Waals surface area contributed by atoms with E-state index in [9.17, 15) is 18.8 Å². The molecule has 2 aromatic rings. The first-order valence-electron chi connectivity index (χ1n) is 14.2.